The molecule has 8 nitrogen and oxygen atoms in total. The molecule has 9 heteroatoms. The molecule has 1 amide bonds. The van der Waals surface area contributed by atoms with Gasteiger partial charge >= 0.3 is 5.97 Å². The van der Waals surface area contributed by atoms with E-state index >= 15 is 0 Å². The van der Waals surface area contributed by atoms with Crippen molar-refractivity contribution in [2.45, 2.75) is 24.0 Å². The Balaban J connectivity index is 1.68. The van der Waals surface area contributed by atoms with E-state index in [1.807, 2.05) is 6.92 Å². The highest BCUT2D eigenvalue weighted by atomic mass is 32.2. The van der Waals surface area contributed by atoms with Gasteiger partial charge in [-0.15, -0.1) is 0 Å². The average molecular weight is 482 g/mol. The second kappa shape index (κ2) is 9.28. The second-order valence-corrected chi connectivity index (χ2v) is 9.32. The second-order valence-electron chi connectivity index (χ2n) is 7.75. The van der Waals surface area contributed by atoms with Gasteiger partial charge in [-0.2, -0.15) is 8.42 Å². The Bertz CT molecular complexity index is 1300. The molecule has 0 bridgehead atoms. The van der Waals surface area contributed by atoms with Crippen LogP contribution in [0.5, 0.6) is 5.75 Å². The van der Waals surface area contributed by atoms with Gasteiger partial charge in [0.15, 0.2) is 6.10 Å². The highest BCUT2D eigenvalue weighted by Crippen LogP contribution is 2.42. The molecule has 0 saturated carbocycles. The lowest BCUT2D eigenvalue weighted by atomic mass is 9.90. The molecule has 34 heavy (non-hydrogen) atoms. The number of hydrogen-bond acceptors (Lipinski definition) is 7. The summed E-state index contributed by atoms with van der Waals surface area (Å²) in [5.74, 6) is -0.394. The minimum atomic E-state index is -4.18. The zero-order valence-corrected chi connectivity index (χ0v) is 19.6. The summed E-state index contributed by atoms with van der Waals surface area (Å²) < 4.78 is 41.2. The molecule has 2 atom stereocenters. The number of β-lactam (4-membered cyclic amide) rings is 1. The zero-order chi connectivity index (χ0) is 24.5. The van der Waals surface area contributed by atoms with Gasteiger partial charge in [-0.3, -0.25) is 13.9 Å². The van der Waals surface area contributed by atoms with Crippen molar-refractivity contribution in [2.24, 2.45) is 0 Å². The van der Waals surface area contributed by atoms with Crippen LogP contribution in [0.15, 0.2) is 77.7 Å². The molecule has 0 aliphatic carbocycles. The number of benzene rings is 3. The molecule has 3 aromatic rings. The van der Waals surface area contributed by atoms with Gasteiger partial charge in [-0.1, -0.05) is 29.8 Å². The molecule has 1 saturated heterocycles. The van der Waals surface area contributed by atoms with Crippen LogP contribution in [0, 0.1) is 6.92 Å². The minimum absolute atomic E-state index is 0.0275. The first-order valence-corrected chi connectivity index (χ1v) is 11.8. The van der Waals surface area contributed by atoms with E-state index in [1.165, 1.54) is 43.4 Å². The molecule has 0 radical (unpaired) electrons. The third kappa shape index (κ3) is 4.40. The molecule has 1 aliphatic rings. The lowest BCUT2D eigenvalue weighted by molar-refractivity contribution is -0.134. The lowest BCUT2D eigenvalue weighted by Crippen LogP contribution is -2.60. The van der Waals surface area contributed by atoms with Gasteiger partial charge in [0.1, 0.15) is 5.75 Å². The van der Waals surface area contributed by atoms with Crippen molar-refractivity contribution in [1.82, 2.24) is 0 Å². The molecule has 1 aliphatic heterocycles. The van der Waals surface area contributed by atoms with Crippen LogP contribution in [-0.4, -0.2) is 40.6 Å². The van der Waals surface area contributed by atoms with Crippen molar-refractivity contribution in [3.63, 3.8) is 0 Å². The monoisotopic (exact) mass is 481 g/mol. The fourth-order valence-corrected chi connectivity index (χ4v) is 4.78. The highest BCUT2D eigenvalue weighted by Gasteiger charge is 2.52. The Hall–Kier alpha value is -3.69. The molecule has 0 spiro atoms. The van der Waals surface area contributed by atoms with Gasteiger partial charge in [-0.25, -0.2) is 4.79 Å². The molecule has 0 unspecified atom stereocenters. The van der Waals surface area contributed by atoms with E-state index in [4.69, 9.17) is 13.7 Å². The third-order valence-corrected chi connectivity index (χ3v) is 6.92. The first kappa shape index (κ1) is 23.5. The van der Waals surface area contributed by atoms with Crippen LogP contribution in [-0.2, 0) is 23.8 Å². The fourth-order valence-electron chi connectivity index (χ4n) is 3.74. The summed E-state index contributed by atoms with van der Waals surface area (Å²) in [6, 6.07) is 18.7. The molecule has 0 N–H and O–H groups in total. The molecular weight excluding hydrogens is 458 g/mol. The molecule has 1 fully saturated rings. The van der Waals surface area contributed by atoms with Crippen LogP contribution in [0.2, 0.25) is 0 Å². The molecule has 0 aromatic heterocycles. The number of rotatable bonds is 7. The number of hydrogen-bond donors (Lipinski definition) is 0. The van der Waals surface area contributed by atoms with E-state index < -0.39 is 34.1 Å². The summed E-state index contributed by atoms with van der Waals surface area (Å²) in [5, 5.41) is 0. The topological polar surface area (TPSA) is 99.2 Å². The Morgan fingerprint density at radius 1 is 0.882 bits per heavy atom. The number of carbonyl (C=O) groups excluding carboxylic acids is 2. The van der Waals surface area contributed by atoms with Gasteiger partial charge in [0, 0.05) is 5.69 Å². The first-order chi connectivity index (χ1) is 16.2. The molecular formula is C25H23NO7S. The number of anilines is 1. The summed E-state index contributed by atoms with van der Waals surface area (Å²) in [6.07, 6.45) is -1.25. The van der Waals surface area contributed by atoms with Gasteiger partial charge in [0.2, 0.25) is 0 Å². The lowest BCUT2D eigenvalue weighted by Gasteiger charge is -2.46. The number of carbonyl (C=O) groups is 2. The van der Waals surface area contributed by atoms with E-state index in [0.717, 1.165) is 5.56 Å². The van der Waals surface area contributed by atoms with Gasteiger partial charge in [-0.05, 0) is 61.0 Å². The maximum Gasteiger partial charge on any atom is 0.337 e. The summed E-state index contributed by atoms with van der Waals surface area (Å²) in [5.41, 5.74) is 2.39. The normalized spacial score (nSPS) is 17.7. The third-order valence-electron chi connectivity index (χ3n) is 5.61. The molecule has 3 aromatic carbocycles. The number of amides is 1. The maximum atomic E-state index is 13.1. The largest absolute Gasteiger partial charge is 0.497 e. The minimum Gasteiger partial charge on any atom is -0.497 e. The van der Waals surface area contributed by atoms with Crippen molar-refractivity contribution < 1.29 is 31.7 Å². The van der Waals surface area contributed by atoms with Crippen LogP contribution in [0.25, 0.3) is 0 Å². The smallest absolute Gasteiger partial charge is 0.337 e. The predicted molar refractivity (Wildman–Crippen MR) is 124 cm³/mol. The summed E-state index contributed by atoms with van der Waals surface area (Å²) >= 11 is 0. The van der Waals surface area contributed by atoms with Crippen LogP contribution in [0.1, 0.15) is 27.5 Å². The number of methoxy groups -OCH3 is 2. The zero-order valence-electron chi connectivity index (χ0n) is 18.8. The van der Waals surface area contributed by atoms with Gasteiger partial charge < -0.3 is 9.47 Å². The van der Waals surface area contributed by atoms with Gasteiger partial charge in [0.05, 0.1) is 30.7 Å². The van der Waals surface area contributed by atoms with E-state index in [0.29, 0.717) is 22.6 Å². The molecule has 176 valence electrons. The van der Waals surface area contributed by atoms with Crippen LogP contribution in [0.4, 0.5) is 5.69 Å². The Morgan fingerprint density at radius 2 is 1.50 bits per heavy atom. The number of aryl methyl sites for hydroxylation is 1. The van der Waals surface area contributed by atoms with Crippen molar-refractivity contribution in [3.8, 4) is 5.75 Å². The van der Waals surface area contributed by atoms with Crippen molar-refractivity contribution in [1.29, 1.82) is 0 Å². The van der Waals surface area contributed by atoms with Crippen LogP contribution < -0.4 is 9.64 Å². The summed E-state index contributed by atoms with van der Waals surface area (Å²) in [4.78, 5) is 26.3. The van der Waals surface area contributed by atoms with E-state index in [1.54, 1.807) is 48.5 Å². The van der Waals surface area contributed by atoms with Crippen LogP contribution in [0.3, 0.4) is 0 Å². The fraction of sp³-hybridized carbons (Fsp3) is 0.200. The Morgan fingerprint density at radius 3 is 2.06 bits per heavy atom. The first-order valence-electron chi connectivity index (χ1n) is 10.4. The summed E-state index contributed by atoms with van der Waals surface area (Å²) in [7, 11) is -1.36. The molecule has 4 rings (SSSR count). The Labute approximate surface area is 197 Å². The Kier molecular flexibility index (Phi) is 6.41. The summed E-state index contributed by atoms with van der Waals surface area (Å²) in [6.45, 7) is 1.84. The van der Waals surface area contributed by atoms with E-state index in [2.05, 4.69) is 0 Å². The van der Waals surface area contributed by atoms with Crippen molar-refractivity contribution in [2.75, 3.05) is 19.1 Å². The molecule has 1 heterocycles. The van der Waals surface area contributed by atoms with Gasteiger partial charge in [0.25, 0.3) is 16.0 Å². The van der Waals surface area contributed by atoms with Crippen molar-refractivity contribution in [3.05, 3.63) is 89.5 Å². The maximum absolute atomic E-state index is 13.1. The van der Waals surface area contributed by atoms with Crippen LogP contribution >= 0.6 is 0 Å². The standard InChI is InChI=1S/C25H23NO7S/c1-16-4-14-21(15-5-16)34(29,30)33-23-22(17-8-12-20(31-2)13-9-17)26(24(23)27)19-10-6-18(7-11-19)25(28)32-3/h4-15,22-23H,1-3H3/t22-,23-/m0/s1. The number of ether oxygens (including phenoxy) is 2. The van der Waals surface area contributed by atoms with E-state index in [-0.39, 0.29) is 4.90 Å². The van der Waals surface area contributed by atoms with Crippen molar-refractivity contribution >= 4 is 27.7 Å². The predicted octanol–water partition coefficient (Wildman–Crippen LogP) is 3.65. The number of nitrogens with zero attached hydrogens (tertiary/aromatic N) is 1. The van der Waals surface area contributed by atoms with E-state index in [9.17, 15) is 18.0 Å². The quantitative estimate of drug-likeness (QED) is 0.289. The number of esters is 1. The SMILES string of the molecule is COC(=O)c1ccc(N2C(=O)[C@@H](OS(=O)(=O)c3ccc(C)cc3)[C@@H]2c2ccc(OC)cc2)cc1. The average Bonchev–Trinajstić information content (AvgIpc) is 2.86. The highest BCUT2D eigenvalue weighted by molar-refractivity contribution is 7.86.